The lowest BCUT2D eigenvalue weighted by Crippen LogP contribution is -2.58. The van der Waals surface area contributed by atoms with Crippen LogP contribution in [0.5, 0.6) is 0 Å². The highest BCUT2D eigenvalue weighted by Crippen LogP contribution is 2.38. The Kier molecular flexibility index (Phi) is 4.29. The second-order valence-corrected chi connectivity index (χ2v) is 8.30. The van der Waals surface area contributed by atoms with Gasteiger partial charge in [-0.2, -0.15) is 0 Å². The molecule has 1 aliphatic carbocycles. The summed E-state index contributed by atoms with van der Waals surface area (Å²) in [6.07, 6.45) is 3.78. The molecule has 19 heavy (non-hydrogen) atoms. The van der Waals surface area contributed by atoms with Crippen LogP contribution in [0.2, 0.25) is 0 Å². The van der Waals surface area contributed by atoms with E-state index in [1.807, 2.05) is 12.4 Å². The van der Waals surface area contributed by atoms with Gasteiger partial charge in [0.15, 0.2) is 9.84 Å². The van der Waals surface area contributed by atoms with Crippen LogP contribution in [0.25, 0.3) is 0 Å². The van der Waals surface area contributed by atoms with E-state index in [4.69, 9.17) is 5.73 Å². The molecule has 108 valence electrons. The standard InChI is InChI=1S/C12H21N3O2S2/c1-15(6-10-7-18-9-14-10)12(8-13)5-3-4-11(12)19(2,16)17/h7,9,11H,3-6,8,13H2,1-2H3. The Balaban J connectivity index is 2.26. The average molecular weight is 303 g/mol. The van der Waals surface area contributed by atoms with Gasteiger partial charge in [0.2, 0.25) is 0 Å². The van der Waals surface area contributed by atoms with Gasteiger partial charge in [0.1, 0.15) is 0 Å². The predicted octanol–water partition coefficient (Wildman–Crippen LogP) is 0.870. The molecule has 0 amide bonds. The molecule has 2 unspecified atom stereocenters. The van der Waals surface area contributed by atoms with E-state index in [1.54, 1.807) is 16.8 Å². The summed E-state index contributed by atoms with van der Waals surface area (Å²) in [5.41, 5.74) is 8.28. The van der Waals surface area contributed by atoms with Crippen molar-refractivity contribution in [2.45, 2.75) is 36.6 Å². The summed E-state index contributed by atoms with van der Waals surface area (Å²) in [5.74, 6) is 0. The fourth-order valence-electron chi connectivity index (χ4n) is 3.18. The first-order chi connectivity index (χ1) is 8.90. The molecule has 0 radical (unpaired) electrons. The number of hydrogen-bond donors (Lipinski definition) is 1. The van der Waals surface area contributed by atoms with Crippen LogP contribution < -0.4 is 5.73 Å². The van der Waals surface area contributed by atoms with Gasteiger partial charge in [-0.3, -0.25) is 4.90 Å². The number of sulfone groups is 1. The van der Waals surface area contributed by atoms with E-state index >= 15 is 0 Å². The van der Waals surface area contributed by atoms with Gasteiger partial charge < -0.3 is 5.73 Å². The first-order valence-corrected chi connectivity index (χ1v) is 9.27. The van der Waals surface area contributed by atoms with E-state index in [1.165, 1.54) is 6.26 Å². The number of nitrogens with zero attached hydrogens (tertiary/aromatic N) is 2. The van der Waals surface area contributed by atoms with Gasteiger partial charge in [0, 0.05) is 30.3 Å². The summed E-state index contributed by atoms with van der Waals surface area (Å²) in [5, 5.41) is 1.62. The third kappa shape index (κ3) is 2.84. The van der Waals surface area contributed by atoms with Crippen LogP contribution in [-0.4, -0.2) is 48.9 Å². The van der Waals surface area contributed by atoms with E-state index in [2.05, 4.69) is 9.88 Å². The van der Waals surface area contributed by atoms with Gasteiger partial charge in [-0.1, -0.05) is 6.42 Å². The number of rotatable bonds is 5. The molecular formula is C12H21N3O2S2. The van der Waals surface area contributed by atoms with E-state index in [0.717, 1.165) is 18.5 Å². The fourth-order valence-corrected chi connectivity index (χ4v) is 5.51. The van der Waals surface area contributed by atoms with Crippen LogP contribution >= 0.6 is 11.3 Å². The van der Waals surface area contributed by atoms with Gasteiger partial charge >= 0.3 is 0 Å². The number of aromatic nitrogens is 1. The Morgan fingerprint density at radius 1 is 1.63 bits per heavy atom. The minimum absolute atomic E-state index is 0.366. The van der Waals surface area contributed by atoms with Crippen molar-refractivity contribution in [3.63, 3.8) is 0 Å². The highest BCUT2D eigenvalue weighted by Gasteiger charge is 2.49. The zero-order valence-electron chi connectivity index (χ0n) is 11.4. The zero-order chi connectivity index (χ0) is 14.1. The highest BCUT2D eigenvalue weighted by atomic mass is 32.2. The molecule has 5 nitrogen and oxygen atoms in total. The number of likely N-dealkylation sites (N-methyl/N-ethyl adjacent to an activating group) is 1. The van der Waals surface area contributed by atoms with Gasteiger partial charge in [-0.05, 0) is 19.9 Å². The third-order valence-electron chi connectivity index (χ3n) is 4.19. The van der Waals surface area contributed by atoms with Crippen molar-refractivity contribution in [3.05, 3.63) is 16.6 Å². The number of nitrogens with two attached hydrogens (primary N) is 1. The topological polar surface area (TPSA) is 76.3 Å². The van der Waals surface area contributed by atoms with E-state index in [9.17, 15) is 8.42 Å². The van der Waals surface area contributed by atoms with Crippen molar-refractivity contribution in [3.8, 4) is 0 Å². The normalized spacial score (nSPS) is 28.1. The molecule has 0 spiro atoms. The van der Waals surface area contributed by atoms with Crippen molar-refractivity contribution in [1.82, 2.24) is 9.88 Å². The SMILES string of the molecule is CN(Cc1cscn1)C1(CN)CCCC1S(C)(=O)=O. The average Bonchev–Trinajstić information content (AvgIpc) is 2.96. The Hall–Kier alpha value is -0.500. The lowest BCUT2D eigenvalue weighted by atomic mass is 9.95. The Bertz CT molecular complexity index is 515. The minimum Gasteiger partial charge on any atom is -0.329 e. The number of thiazole rings is 1. The maximum absolute atomic E-state index is 12.0. The van der Waals surface area contributed by atoms with Crippen molar-refractivity contribution < 1.29 is 8.42 Å². The molecule has 0 bridgehead atoms. The molecule has 0 aliphatic heterocycles. The predicted molar refractivity (Wildman–Crippen MR) is 77.8 cm³/mol. The summed E-state index contributed by atoms with van der Waals surface area (Å²) >= 11 is 1.55. The summed E-state index contributed by atoms with van der Waals surface area (Å²) < 4.78 is 24.0. The van der Waals surface area contributed by atoms with Crippen LogP contribution in [0.4, 0.5) is 0 Å². The maximum atomic E-state index is 12.0. The summed E-state index contributed by atoms with van der Waals surface area (Å²) in [4.78, 5) is 6.35. The molecule has 0 saturated heterocycles. The molecule has 1 aromatic heterocycles. The largest absolute Gasteiger partial charge is 0.329 e. The molecule has 2 N–H and O–H groups in total. The van der Waals surface area contributed by atoms with Crippen LogP contribution in [0.3, 0.4) is 0 Å². The van der Waals surface area contributed by atoms with Crippen LogP contribution in [0, 0.1) is 0 Å². The van der Waals surface area contributed by atoms with Gasteiger partial charge in [0.25, 0.3) is 0 Å². The second kappa shape index (κ2) is 5.47. The molecule has 1 fully saturated rings. The van der Waals surface area contributed by atoms with Crippen molar-refractivity contribution in [2.24, 2.45) is 5.73 Å². The van der Waals surface area contributed by atoms with Crippen molar-refractivity contribution in [1.29, 1.82) is 0 Å². The molecule has 1 heterocycles. The van der Waals surface area contributed by atoms with Crippen molar-refractivity contribution >= 4 is 21.2 Å². The molecular weight excluding hydrogens is 282 g/mol. The fraction of sp³-hybridized carbons (Fsp3) is 0.750. The second-order valence-electron chi connectivity index (χ2n) is 5.35. The van der Waals surface area contributed by atoms with Crippen LogP contribution in [-0.2, 0) is 16.4 Å². The third-order valence-corrected chi connectivity index (χ3v) is 6.53. The molecule has 2 atom stereocenters. The Morgan fingerprint density at radius 2 is 2.37 bits per heavy atom. The molecule has 2 rings (SSSR count). The van der Waals surface area contributed by atoms with Crippen LogP contribution in [0.1, 0.15) is 25.0 Å². The van der Waals surface area contributed by atoms with Gasteiger partial charge in [0.05, 0.1) is 16.5 Å². The molecule has 1 saturated carbocycles. The zero-order valence-corrected chi connectivity index (χ0v) is 13.0. The first kappa shape index (κ1) is 14.9. The quantitative estimate of drug-likeness (QED) is 0.873. The van der Waals surface area contributed by atoms with Crippen molar-refractivity contribution in [2.75, 3.05) is 19.8 Å². The van der Waals surface area contributed by atoms with Gasteiger partial charge in [-0.15, -0.1) is 11.3 Å². The molecule has 1 aliphatic rings. The first-order valence-electron chi connectivity index (χ1n) is 6.37. The summed E-state index contributed by atoms with van der Waals surface area (Å²) in [6.45, 7) is 1.01. The number of hydrogen-bond acceptors (Lipinski definition) is 6. The highest BCUT2D eigenvalue weighted by molar-refractivity contribution is 7.91. The summed E-state index contributed by atoms with van der Waals surface area (Å²) in [7, 11) is -1.13. The lowest BCUT2D eigenvalue weighted by molar-refractivity contribution is 0.125. The monoisotopic (exact) mass is 303 g/mol. The van der Waals surface area contributed by atoms with E-state index < -0.39 is 15.4 Å². The smallest absolute Gasteiger partial charge is 0.152 e. The molecule has 7 heteroatoms. The molecule has 0 aromatic carbocycles. The van der Waals surface area contributed by atoms with E-state index in [0.29, 0.717) is 19.5 Å². The Labute approximate surface area is 118 Å². The minimum atomic E-state index is -3.09. The molecule has 1 aromatic rings. The van der Waals surface area contributed by atoms with Crippen LogP contribution in [0.15, 0.2) is 10.9 Å². The lowest BCUT2D eigenvalue weighted by Gasteiger charge is -2.41. The maximum Gasteiger partial charge on any atom is 0.152 e. The van der Waals surface area contributed by atoms with Gasteiger partial charge in [-0.25, -0.2) is 13.4 Å². The summed E-state index contributed by atoms with van der Waals surface area (Å²) in [6, 6.07) is 0. The van der Waals surface area contributed by atoms with E-state index in [-0.39, 0.29) is 5.25 Å². The Morgan fingerprint density at radius 3 is 2.89 bits per heavy atom.